The van der Waals surface area contributed by atoms with E-state index < -0.39 is 11.7 Å². The molecule has 1 aromatic heterocycles. The molecule has 1 unspecified atom stereocenters. The van der Waals surface area contributed by atoms with Crippen LogP contribution in [-0.4, -0.2) is 41.7 Å². The van der Waals surface area contributed by atoms with Crippen molar-refractivity contribution in [2.45, 2.75) is 51.4 Å². The minimum absolute atomic E-state index is 0.00239. The number of alkyl carbamates (subject to hydrolysis) is 1. The molecular weight excluding hydrogens is 362 g/mol. The quantitative estimate of drug-likeness (QED) is 0.719. The number of ether oxygens (including phenoxy) is 2. The molecule has 0 aliphatic rings. The van der Waals surface area contributed by atoms with E-state index in [-0.39, 0.29) is 16.3 Å². The van der Waals surface area contributed by atoms with E-state index in [4.69, 9.17) is 9.47 Å². The number of carbonyl (C=O) groups excluding carboxylic acids is 3. The van der Waals surface area contributed by atoms with Gasteiger partial charge in [0.15, 0.2) is 5.12 Å². The van der Waals surface area contributed by atoms with Gasteiger partial charge in [0.1, 0.15) is 10.5 Å². The Morgan fingerprint density at radius 2 is 1.96 bits per heavy atom. The summed E-state index contributed by atoms with van der Waals surface area (Å²) in [6.45, 7) is 7.23. The van der Waals surface area contributed by atoms with Gasteiger partial charge in [-0.1, -0.05) is 11.8 Å². The molecule has 1 heterocycles. The van der Waals surface area contributed by atoms with Gasteiger partial charge in [-0.2, -0.15) is 0 Å². The molecule has 0 saturated carbocycles. The lowest BCUT2D eigenvalue weighted by Gasteiger charge is -2.21. The van der Waals surface area contributed by atoms with E-state index in [0.717, 1.165) is 4.88 Å². The average Bonchev–Trinajstić information content (AvgIpc) is 2.96. The lowest BCUT2D eigenvalue weighted by Crippen LogP contribution is -2.36. The van der Waals surface area contributed by atoms with Crippen LogP contribution in [0.5, 0.6) is 0 Å². The van der Waals surface area contributed by atoms with E-state index >= 15 is 0 Å². The average molecular weight is 388 g/mol. The van der Waals surface area contributed by atoms with Crippen LogP contribution >= 0.6 is 23.1 Å². The van der Waals surface area contributed by atoms with E-state index in [9.17, 15) is 14.4 Å². The molecule has 1 rings (SSSR count). The Morgan fingerprint density at radius 1 is 1.28 bits per heavy atom. The molecule has 0 bridgehead atoms. The molecule has 1 atom stereocenters. The summed E-state index contributed by atoms with van der Waals surface area (Å²) < 4.78 is 9.90. The van der Waals surface area contributed by atoms with Crippen LogP contribution in [0.1, 0.15) is 48.7 Å². The molecule has 140 valence electrons. The number of carbonyl (C=O) groups is 3. The summed E-state index contributed by atoms with van der Waals surface area (Å²) in [5, 5.41) is 2.64. The van der Waals surface area contributed by atoms with Gasteiger partial charge in [-0.3, -0.25) is 4.79 Å². The number of esters is 1. The van der Waals surface area contributed by atoms with Crippen molar-refractivity contribution in [2.75, 3.05) is 13.7 Å². The first-order valence-electron chi connectivity index (χ1n) is 7.92. The van der Waals surface area contributed by atoms with Crippen LogP contribution in [0.25, 0.3) is 0 Å². The summed E-state index contributed by atoms with van der Waals surface area (Å²) in [5.41, 5.74) is -0.561. The summed E-state index contributed by atoms with van der Waals surface area (Å²) in [4.78, 5) is 36.3. The van der Waals surface area contributed by atoms with Gasteiger partial charge in [-0.05, 0) is 45.7 Å². The Bertz CT molecular complexity index is 606. The number of thioether (sulfide) groups is 1. The van der Waals surface area contributed by atoms with E-state index in [0.29, 0.717) is 24.3 Å². The molecular formula is C17H25NO5S2. The molecule has 1 amide bonds. The van der Waals surface area contributed by atoms with Gasteiger partial charge in [-0.25, -0.2) is 9.59 Å². The lowest BCUT2D eigenvalue weighted by molar-refractivity contribution is -0.109. The van der Waals surface area contributed by atoms with Gasteiger partial charge in [-0.15, -0.1) is 11.3 Å². The fourth-order valence-electron chi connectivity index (χ4n) is 1.97. The second kappa shape index (κ2) is 9.82. The third-order valence-corrected chi connectivity index (χ3v) is 5.16. The highest BCUT2D eigenvalue weighted by atomic mass is 32.2. The molecule has 0 spiro atoms. The number of hydrogen-bond donors (Lipinski definition) is 1. The molecule has 1 aromatic rings. The first kappa shape index (κ1) is 21.5. The van der Waals surface area contributed by atoms with Crippen LogP contribution in [0.4, 0.5) is 4.79 Å². The lowest BCUT2D eigenvalue weighted by atomic mass is 10.2. The minimum atomic E-state index is -0.561. The maximum Gasteiger partial charge on any atom is 0.407 e. The molecule has 25 heavy (non-hydrogen) atoms. The molecule has 0 radical (unpaired) electrons. The van der Waals surface area contributed by atoms with Crippen LogP contribution in [0.2, 0.25) is 0 Å². The Hall–Kier alpha value is -1.54. The highest BCUT2D eigenvalue weighted by Crippen LogP contribution is 2.23. The van der Waals surface area contributed by atoms with Gasteiger partial charge < -0.3 is 14.8 Å². The Kier molecular flexibility index (Phi) is 8.44. The maximum atomic E-state index is 11.8. The number of nitrogens with one attached hydrogen (secondary N) is 1. The molecule has 0 aromatic carbocycles. The minimum Gasteiger partial charge on any atom is -0.465 e. The highest BCUT2D eigenvalue weighted by Gasteiger charge is 2.19. The predicted molar refractivity (Wildman–Crippen MR) is 100 cm³/mol. The van der Waals surface area contributed by atoms with Crippen molar-refractivity contribution in [3.63, 3.8) is 0 Å². The summed E-state index contributed by atoms with van der Waals surface area (Å²) >= 11 is 2.58. The van der Waals surface area contributed by atoms with Crippen LogP contribution in [0.15, 0.2) is 12.1 Å². The fraction of sp³-hybridized carbons (Fsp3) is 0.588. The molecule has 6 nitrogen and oxygen atoms in total. The Morgan fingerprint density at radius 3 is 2.52 bits per heavy atom. The fourth-order valence-corrected chi connectivity index (χ4v) is 3.79. The topological polar surface area (TPSA) is 81.7 Å². The van der Waals surface area contributed by atoms with E-state index in [2.05, 4.69) is 5.32 Å². The highest BCUT2D eigenvalue weighted by molar-refractivity contribution is 8.14. The van der Waals surface area contributed by atoms with Crippen molar-refractivity contribution < 1.29 is 23.9 Å². The smallest absolute Gasteiger partial charge is 0.407 e. The number of thiophene rings is 1. The predicted octanol–water partition coefficient (Wildman–Crippen LogP) is 3.64. The van der Waals surface area contributed by atoms with Crippen LogP contribution in [0, 0.1) is 0 Å². The summed E-state index contributed by atoms with van der Waals surface area (Å²) in [5.74, 6) is -0.350. The zero-order valence-corrected chi connectivity index (χ0v) is 16.8. The number of methoxy groups -OCH3 is 1. The van der Waals surface area contributed by atoms with Crippen molar-refractivity contribution in [3.8, 4) is 0 Å². The summed E-state index contributed by atoms with van der Waals surface area (Å²) in [6.07, 6.45) is 0.912. The normalized spacial score (nSPS) is 12.4. The van der Waals surface area contributed by atoms with Crippen molar-refractivity contribution in [3.05, 3.63) is 21.9 Å². The zero-order valence-electron chi connectivity index (χ0n) is 15.2. The number of amides is 1. The largest absolute Gasteiger partial charge is 0.465 e. The van der Waals surface area contributed by atoms with E-state index in [1.54, 1.807) is 26.8 Å². The van der Waals surface area contributed by atoms with Gasteiger partial charge in [0.05, 0.1) is 7.11 Å². The van der Waals surface area contributed by atoms with Crippen LogP contribution < -0.4 is 5.32 Å². The van der Waals surface area contributed by atoms with Crippen LogP contribution in [0.3, 0.4) is 0 Å². The molecule has 0 aliphatic carbocycles. The van der Waals surface area contributed by atoms with E-state index in [1.807, 2.05) is 6.07 Å². The molecule has 1 N–H and O–H groups in total. The molecule has 0 aliphatic heterocycles. The van der Waals surface area contributed by atoms with Crippen molar-refractivity contribution in [1.29, 1.82) is 0 Å². The van der Waals surface area contributed by atoms with Crippen molar-refractivity contribution in [1.82, 2.24) is 5.32 Å². The second-order valence-corrected chi connectivity index (χ2v) is 9.06. The summed E-state index contributed by atoms with van der Waals surface area (Å²) in [7, 11) is 1.35. The Balaban J connectivity index is 2.55. The second-order valence-electron chi connectivity index (χ2n) is 6.41. The molecule has 8 heteroatoms. The van der Waals surface area contributed by atoms with Gasteiger partial charge in [0, 0.05) is 23.6 Å². The number of hydrogen-bond acceptors (Lipinski definition) is 7. The van der Waals surface area contributed by atoms with Gasteiger partial charge in [0.25, 0.3) is 0 Å². The SMILES string of the molecule is COC(=O)c1ccc(CCC(CNC(=O)OC(C)(C)C)SC(C)=O)s1. The molecule has 0 saturated heterocycles. The number of rotatable bonds is 7. The van der Waals surface area contributed by atoms with Gasteiger partial charge in [0.2, 0.25) is 0 Å². The zero-order chi connectivity index (χ0) is 19.0. The third kappa shape index (κ3) is 8.92. The summed E-state index contributed by atoms with van der Waals surface area (Å²) in [6, 6.07) is 3.62. The first-order valence-corrected chi connectivity index (χ1v) is 9.61. The van der Waals surface area contributed by atoms with E-state index in [1.165, 1.54) is 37.1 Å². The van der Waals surface area contributed by atoms with Crippen molar-refractivity contribution >= 4 is 40.3 Å². The molecule has 0 fully saturated rings. The number of aryl methyl sites for hydroxylation is 1. The maximum absolute atomic E-state index is 11.8. The monoisotopic (exact) mass is 387 g/mol. The van der Waals surface area contributed by atoms with Crippen LogP contribution in [-0.2, 0) is 20.7 Å². The van der Waals surface area contributed by atoms with Gasteiger partial charge >= 0.3 is 12.1 Å². The van der Waals surface area contributed by atoms with Crippen molar-refractivity contribution in [2.24, 2.45) is 0 Å². The first-order chi connectivity index (χ1) is 11.6. The standard InChI is InChI=1S/C17H25NO5S2/c1-11(19)24-13(10-18-16(21)23-17(2,3)4)7-6-12-8-9-14(25-12)15(20)22-5/h8-9,13H,6-7,10H2,1-5H3,(H,18,21). The Labute approximate surface area is 156 Å². The third-order valence-electron chi connectivity index (χ3n) is 2.97.